The van der Waals surface area contributed by atoms with Crippen molar-refractivity contribution in [3.05, 3.63) is 102 Å². The van der Waals surface area contributed by atoms with Crippen LogP contribution in [0.4, 0.5) is 5.69 Å². The molecule has 0 spiro atoms. The largest absolute Gasteiger partial charge is 0.497 e. The van der Waals surface area contributed by atoms with E-state index in [4.69, 9.17) is 26.0 Å². The summed E-state index contributed by atoms with van der Waals surface area (Å²) in [5, 5.41) is 14.9. The lowest BCUT2D eigenvalue weighted by molar-refractivity contribution is 0.394. The Morgan fingerprint density at radius 2 is 1.82 bits per heavy atom. The van der Waals surface area contributed by atoms with Crippen molar-refractivity contribution < 1.29 is 9.47 Å². The van der Waals surface area contributed by atoms with Gasteiger partial charge >= 0.3 is 0 Å². The molecule has 1 aliphatic rings. The van der Waals surface area contributed by atoms with Crippen molar-refractivity contribution in [1.29, 1.82) is 5.26 Å². The number of nitriles is 1. The highest BCUT2D eigenvalue weighted by Crippen LogP contribution is 2.45. The third-order valence-corrected chi connectivity index (χ3v) is 5.66. The predicted molar refractivity (Wildman–Crippen MR) is 126 cm³/mol. The van der Waals surface area contributed by atoms with E-state index >= 15 is 0 Å². The maximum absolute atomic E-state index is 10.0. The predicted octanol–water partition coefficient (Wildman–Crippen LogP) is 4.35. The summed E-state index contributed by atoms with van der Waals surface area (Å²) in [4.78, 5) is 0. The van der Waals surface area contributed by atoms with Crippen LogP contribution in [0.1, 0.15) is 17.0 Å². The zero-order valence-corrected chi connectivity index (χ0v) is 17.9. The summed E-state index contributed by atoms with van der Waals surface area (Å²) < 4.78 is 13.0. The average molecular weight is 435 g/mol. The highest BCUT2D eigenvalue weighted by molar-refractivity contribution is 5.70. The number of para-hydroxylation sites is 1. The SMILES string of the molecule is COc1cccc(-c2nn(-c3ccccc3)cc2[C@H]2C(C#N)=C(N)Oc3cc(N)ccc32)c1. The zero-order chi connectivity index (χ0) is 22.9. The minimum absolute atomic E-state index is 0.0599. The van der Waals surface area contributed by atoms with Crippen molar-refractivity contribution in [3.8, 4) is 34.5 Å². The number of rotatable bonds is 4. The van der Waals surface area contributed by atoms with Gasteiger partial charge in [0.15, 0.2) is 0 Å². The number of ether oxygens (including phenoxy) is 2. The molecule has 0 radical (unpaired) electrons. The number of nitrogens with two attached hydrogens (primary N) is 2. The Morgan fingerprint density at radius 3 is 2.58 bits per heavy atom. The van der Waals surface area contributed by atoms with Gasteiger partial charge < -0.3 is 20.9 Å². The Labute approximate surface area is 191 Å². The Kier molecular flexibility index (Phi) is 4.96. The summed E-state index contributed by atoms with van der Waals surface area (Å²) in [6.45, 7) is 0. The van der Waals surface area contributed by atoms with E-state index < -0.39 is 5.92 Å². The maximum atomic E-state index is 10.0. The quantitative estimate of drug-likeness (QED) is 0.461. The molecule has 0 amide bonds. The summed E-state index contributed by atoms with van der Waals surface area (Å²) >= 11 is 0. The van der Waals surface area contributed by atoms with Crippen molar-refractivity contribution in [2.24, 2.45) is 5.73 Å². The van der Waals surface area contributed by atoms with Gasteiger partial charge in [-0.05, 0) is 30.3 Å². The molecule has 162 valence electrons. The first-order chi connectivity index (χ1) is 16.1. The van der Waals surface area contributed by atoms with Crippen LogP contribution in [0.15, 0.2) is 90.4 Å². The van der Waals surface area contributed by atoms with Gasteiger partial charge in [0, 0.05) is 34.6 Å². The number of allylic oxidation sites excluding steroid dienone is 1. The molecule has 0 saturated carbocycles. The van der Waals surface area contributed by atoms with E-state index in [1.54, 1.807) is 19.2 Å². The van der Waals surface area contributed by atoms with Crippen LogP contribution in [0.5, 0.6) is 11.5 Å². The molecule has 0 saturated heterocycles. The van der Waals surface area contributed by atoms with Crippen LogP contribution >= 0.6 is 0 Å². The topological polar surface area (TPSA) is 112 Å². The van der Waals surface area contributed by atoms with Crippen LogP contribution in [-0.4, -0.2) is 16.9 Å². The molecule has 0 bridgehead atoms. The molecule has 4 N–H and O–H groups in total. The van der Waals surface area contributed by atoms with E-state index in [1.807, 2.05) is 71.5 Å². The molecule has 33 heavy (non-hydrogen) atoms. The fourth-order valence-electron chi connectivity index (χ4n) is 4.10. The number of methoxy groups -OCH3 is 1. The number of nitrogen functional groups attached to an aromatic ring is 1. The second-order valence-corrected chi connectivity index (χ2v) is 7.67. The highest BCUT2D eigenvalue weighted by atomic mass is 16.5. The van der Waals surface area contributed by atoms with Gasteiger partial charge in [-0.15, -0.1) is 0 Å². The van der Waals surface area contributed by atoms with E-state index in [-0.39, 0.29) is 5.88 Å². The molecular formula is C26H21N5O2. The van der Waals surface area contributed by atoms with Crippen LogP contribution in [0.25, 0.3) is 16.9 Å². The second kappa shape index (κ2) is 8.09. The number of hydrogen-bond acceptors (Lipinski definition) is 6. The lowest BCUT2D eigenvalue weighted by Gasteiger charge is -2.26. The van der Waals surface area contributed by atoms with Crippen molar-refractivity contribution >= 4 is 5.69 Å². The third-order valence-electron chi connectivity index (χ3n) is 5.66. The van der Waals surface area contributed by atoms with E-state index in [0.717, 1.165) is 22.4 Å². The maximum Gasteiger partial charge on any atom is 0.205 e. The molecule has 2 heterocycles. The van der Waals surface area contributed by atoms with Crippen molar-refractivity contribution in [2.75, 3.05) is 12.8 Å². The number of benzene rings is 3. The summed E-state index contributed by atoms with van der Waals surface area (Å²) in [5.74, 6) is 0.826. The van der Waals surface area contributed by atoms with Gasteiger partial charge in [-0.25, -0.2) is 4.68 Å². The second-order valence-electron chi connectivity index (χ2n) is 7.67. The Balaban J connectivity index is 1.78. The van der Waals surface area contributed by atoms with Gasteiger partial charge in [0.1, 0.15) is 23.1 Å². The van der Waals surface area contributed by atoms with Crippen LogP contribution in [-0.2, 0) is 0 Å². The lowest BCUT2D eigenvalue weighted by atomic mass is 9.82. The van der Waals surface area contributed by atoms with Crippen molar-refractivity contribution in [2.45, 2.75) is 5.92 Å². The Hall–Kier alpha value is -4.70. The molecule has 0 unspecified atom stereocenters. The van der Waals surface area contributed by atoms with Crippen LogP contribution in [0.3, 0.4) is 0 Å². The van der Waals surface area contributed by atoms with Gasteiger partial charge in [-0.3, -0.25) is 0 Å². The molecule has 4 aromatic rings. The molecule has 1 atom stereocenters. The normalized spacial score (nSPS) is 14.8. The molecule has 7 heteroatoms. The number of aromatic nitrogens is 2. The molecular weight excluding hydrogens is 414 g/mol. The molecule has 5 rings (SSSR count). The van der Waals surface area contributed by atoms with Crippen LogP contribution in [0, 0.1) is 11.3 Å². The summed E-state index contributed by atoms with van der Waals surface area (Å²) in [7, 11) is 1.62. The van der Waals surface area contributed by atoms with E-state index in [0.29, 0.717) is 28.5 Å². The number of nitrogens with zero attached hydrogens (tertiary/aromatic N) is 3. The summed E-state index contributed by atoms with van der Waals surface area (Å²) in [6, 6.07) is 25.1. The van der Waals surface area contributed by atoms with E-state index in [1.165, 1.54) is 0 Å². The monoisotopic (exact) mass is 435 g/mol. The molecule has 3 aromatic carbocycles. The molecule has 1 aromatic heterocycles. The lowest BCUT2D eigenvalue weighted by Crippen LogP contribution is -2.21. The van der Waals surface area contributed by atoms with Gasteiger partial charge in [-0.2, -0.15) is 10.4 Å². The first kappa shape index (κ1) is 20.2. The molecule has 0 fully saturated rings. The smallest absolute Gasteiger partial charge is 0.205 e. The molecule has 0 aliphatic carbocycles. The fourth-order valence-corrected chi connectivity index (χ4v) is 4.10. The number of anilines is 1. The van der Waals surface area contributed by atoms with Gasteiger partial charge in [0.2, 0.25) is 5.88 Å². The van der Waals surface area contributed by atoms with E-state index in [9.17, 15) is 5.26 Å². The first-order valence-corrected chi connectivity index (χ1v) is 10.4. The van der Waals surface area contributed by atoms with Gasteiger partial charge in [0.25, 0.3) is 0 Å². The average Bonchev–Trinajstić information content (AvgIpc) is 3.29. The number of hydrogen-bond donors (Lipinski definition) is 2. The highest BCUT2D eigenvalue weighted by Gasteiger charge is 2.34. The summed E-state index contributed by atoms with van der Waals surface area (Å²) in [6.07, 6.45) is 1.94. The standard InChI is InChI=1S/C26H21N5O2/c1-32-19-9-5-6-16(12-19)25-22(15-31(30-25)18-7-3-2-4-8-18)24-20-11-10-17(28)13-23(20)33-26(29)21(24)14-27/h2-13,15,24H,28-29H2,1H3/t24-/m1/s1. The van der Waals surface area contributed by atoms with Crippen molar-refractivity contribution in [1.82, 2.24) is 9.78 Å². The Bertz CT molecular complexity index is 1420. The van der Waals surface area contributed by atoms with Crippen LogP contribution < -0.4 is 20.9 Å². The van der Waals surface area contributed by atoms with Gasteiger partial charge in [-0.1, -0.05) is 36.4 Å². The van der Waals surface area contributed by atoms with Gasteiger partial charge in [0.05, 0.1) is 24.4 Å². The fraction of sp³-hybridized carbons (Fsp3) is 0.0769. The number of fused-ring (bicyclic) bond motifs is 1. The minimum Gasteiger partial charge on any atom is -0.497 e. The summed E-state index contributed by atoms with van der Waals surface area (Å²) in [5.41, 5.74) is 17.1. The first-order valence-electron chi connectivity index (χ1n) is 10.4. The molecule has 7 nitrogen and oxygen atoms in total. The third kappa shape index (κ3) is 3.54. The van der Waals surface area contributed by atoms with Crippen LogP contribution in [0.2, 0.25) is 0 Å². The minimum atomic E-state index is -0.474. The molecule has 1 aliphatic heterocycles. The Morgan fingerprint density at radius 1 is 1.00 bits per heavy atom. The van der Waals surface area contributed by atoms with E-state index in [2.05, 4.69) is 6.07 Å². The van der Waals surface area contributed by atoms with Crippen molar-refractivity contribution in [3.63, 3.8) is 0 Å². The zero-order valence-electron chi connectivity index (χ0n) is 17.9.